The number of azo groups is 1. The molecule has 0 radical (unpaired) electrons. The highest BCUT2D eigenvalue weighted by atomic mass is 32.2. The van der Waals surface area contributed by atoms with E-state index in [2.05, 4.69) is 19.7 Å². The molecule has 4 rings (SSSR count). The van der Waals surface area contributed by atoms with Crippen molar-refractivity contribution in [3.63, 3.8) is 0 Å². The molecule has 0 aliphatic rings. The van der Waals surface area contributed by atoms with Crippen LogP contribution in [0.5, 0.6) is 11.5 Å². The van der Waals surface area contributed by atoms with E-state index in [1.165, 1.54) is 17.4 Å². The molecule has 4 aromatic rings. The first-order valence-corrected chi connectivity index (χ1v) is 13.4. The Bertz CT molecular complexity index is 1960. The van der Waals surface area contributed by atoms with Crippen molar-refractivity contribution in [1.82, 2.24) is 0 Å². The van der Waals surface area contributed by atoms with Crippen LogP contribution in [0.15, 0.2) is 81.9 Å². The van der Waals surface area contributed by atoms with E-state index in [4.69, 9.17) is 5.73 Å². The van der Waals surface area contributed by atoms with Crippen LogP contribution in [0.25, 0.3) is 21.9 Å². The van der Waals surface area contributed by atoms with Crippen LogP contribution in [-0.2, 0) is 14.9 Å². The number of carbonyl (C=O) groups is 1. The molecule has 4 N–H and O–H groups in total. The summed E-state index contributed by atoms with van der Waals surface area (Å²) in [6.07, 6.45) is -16.0. The predicted molar refractivity (Wildman–Crippen MR) is 142 cm³/mol. The summed E-state index contributed by atoms with van der Waals surface area (Å²) in [6, 6.07) is 10.6. The van der Waals surface area contributed by atoms with Gasteiger partial charge in [-0.1, -0.05) is 36.4 Å². The molecule has 0 aliphatic heterocycles. The summed E-state index contributed by atoms with van der Waals surface area (Å²) >= 11 is 0. The van der Waals surface area contributed by atoms with Crippen LogP contribution < -0.4 is 20.5 Å². The highest BCUT2D eigenvalue weighted by Gasteiger charge is 2.39. The topological polar surface area (TPSA) is 153 Å². The van der Waals surface area contributed by atoms with E-state index in [1.807, 2.05) is 0 Å². The molecule has 0 atom stereocenters. The molecule has 20 heteroatoms. The van der Waals surface area contributed by atoms with Crippen molar-refractivity contribution < 1.29 is 66.8 Å². The number of amides is 1. The number of alkyl halides is 9. The van der Waals surface area contributed by atoms with Crippen LogP contribution in [0.4, 0.5) is 62.3 Å². The Labute approximate surface area is 251 Å². The summed E-state index contributed by atoms with van der Waals surface area (Å²) in [6.45, 7) is 0. The van der Waals surface area contributed by atoms with E-state index < -0.39 is 74.1 Å². The molecule has 4 aromatic carbocycles. The number of rotatable bonds is 7. The molecule has 0 aromatic heterocycles. The van der Waals surface area contributed by atoms with Crippen molar-refractivity contribution in [2.75, 3.05) is 11.1 Å². The minimum absolute atomic E-state index is 0.131. The summed E-state index contributed by atoms with van der Waals surface area (Å²) in [5, 5.41) is 7.86. The summed E-state index contributed by atoms with van der Waals surface area (Å²) < 4.78 is 159. The Morgan fingerprint density at radius 1 is 0.739 bits per heavy atom. The molecule has 0 aliphatic carbocycles. The minimum Gasteiger partial charge on any atom is -0.404 e. The molecule has 0 heterocycles. The van der Waals surface area contributed by atoms with Gasteiger partial charge in [0.25, 0.3) is 10.1 Å². The Kier molecular flexibility index (Phi) is 8.82. The minimum atomic E-state index is -5.45. The summed E-state index contributed by atoms with van der Waals surface area (Å²) in [4.78, 5) is 10.9. The third kappa shape index (κ3) is 8.13. The number of nitrogens with one attached hydrogen (secondary N) is 1. The highest BCUT2D eigenvalue weighted by molar-refractivity contribution is 7.86. The zero-order valence-electron chi connectivity index (χ0n) is 22.1. The normalized spacial score (nSPS) is 12.8. The van der Waals surface area contributed by atoms with Crippen molar-refractivity contribution in [1.29, 1.82) is 0 Å². The molecule has 46 heavy (non-hydrogen) atoms. The van der Waals surface area contributed by atoms with Crippen molar-refractivity contribution in [3.8, 4) is 22.6 Å². The van der Waals surface area contributed by atoms with E-state index >= 15 is 0 Å². The molecule has 0 unspecified atom stereocenters. The van der Waals surface area contributed by atoms with Crippen molar-refractivity contribution in [2.45, 2.75) is 23.8 Å². The van der Waals surface area contributed by atoms with Gasteiger partial charge in [-0.2, -0.15) is 21.6 Å². The molecule has 244 valence electrons. The van der Waals surface area contributed by atoms with Gasteiger partial charge < -0.3 is 20.5 Å². The van der Waals surface area contributed by atoms with Crippen molar-refractivity contribution in [2.24, 2.45) is 10.2 Å². The number of ether oxygens (including phenoxy) is 2. The van der Waals surface area contributed by atoms with E-state index in [-0.39, 0.29) is 21.9 Å². The zero-order chi connectivity index (χ0) is 34.2. The molecule has 0 spiro atoms. The average Bonchev–Trinajstić information content (AvgIpc) is 2.91. The van der Waals surface area contributed by atoms with Gasteiger partial charge in [0, 0.05) is 10.8 Å². The lowest BCUT2D eigenvalue weighted by Gasteiger charge is -2.15. The number of anilines is 2. The third-order valence-electron chi connectivity index (χ3n) is 5.78. The quantitative estimate of drug-likeness (QED) is 0.0772. The molecule has 1 amide bonds. The van der Waals surface area contributed by atoms with Crippen LogP contribution in [0.1, 0.15) is 0 Å². The number of nitrogens with zero attached hydrogens (tertiary/aromatic N) is 2. The van der Waals surface area contributed by atoms with Crippen molar-refractivity contribution >= 4 is 49.5 Å². The smallest absolute Gasteiger partial charge is 0.404 e. The maximum absolute atomic E-state index is 13.3. The largest absolute Gasteiger partial charge is 0.573 e. The Morgan fingerprint density at radius 2 is 1.26 bits per heavy atom. The van der Waals surface area contributed by atoms with Gasteiger partial charge in [-0.15, -0.1) is 36.6 Å². The first-order valence-electron chi connectivity index (χ1n) is 12.0. The number of carbonyl (C=O) groups excluding carboxylic acids is 1. The van der Waals surface area contributed by atoms with Gasteiger partial charge in [0.1, 0.15) is 16.3 Å². The number of halogens is 9. The number of nitrogen functional groups attached to an aromatic ring is 1. The molecular formula is C26H15F9N4O6S. The van der Waals surface area contributed by atoms with Crippen LogP contribution in [-0.4, -0.2) is 37.8 Å². The maximum atomic E-state index is 13.3. The lowest BCUT2D eigenvalue weighted by atomic mass is 10.0. The van der Waals surface area contributed by atoms with E-state index in [0.717, 1.165) is 42.5 Å². The SMILES string of the molecule is Nc1ccc(-c2ccc(N=Nc3cc(S(=O)(=O)O)c4ccccc4c3NC(=O)C(F)(F)F)c(OC(F)(F)F)c2)cc1OC(F)(F)F. The number of benzene rings is 4. The predicted octanol–water partition coefficient (Wildman–Crippen LogP) is 8.05. The molecule has 10 nitrogen and oxygen atoms in total. The fourth-order valence-electron chi connectivity index (χ4n) is 3.95. The highest BCUT2D eigenvalue weighted by Crippen LogP contribution is 2.42. The molecule has 0 bridgehead atoms. The second kappa shape index (κ2) is 12.0. The number of fused-ring (bicyclic) bond motifs is 1. The number of nitrogens with two attached hydrogens (primary N) is 1. The van der Waals surface area contributed by atoms with Gasteiger partial charge in [-0.25, -0.2) is 0 Å². The summed E-state index contributed by atoms with van der Waals surface area (Å²) in [5.41, 5.74) is 2.33. The summed E-state index contributed by atoms with van der Waals surface area (Å²) in [5.74, 6) is -4.51. The van der Waals surface area contributed by atoms with Gasteiger partial charge >= 0.3 is 24.8 Å². The third-order valence-corrected chi connectivity index (χ3v) is 6.68. The van der Waals surface area contributed by atoms with E-state index in [0.29, 0.717) is 12.1 Å². The van der Waals surface area contributed by atoms with E-state index in [9.17, 15) is 57.3 Å². The number of hydrogen-bond acceptors (Lipinski definition) is 8. The Balaban J connectivity index is 1.88. The average molecular weight is 682 g/mol. The van der Waals surface area contributed by atoms with Gasteiger partial charge in [0.2, 0.25) is 0 Å². The molecule has 0 saturated heterocycles. The second-order valence-electron chi connectivity index (χ2n) is 8.97. The Hall–Kier alpha value is -5.11. The molecule has 0 fully saturated rings. The van der Waals surface area contributed by atoms with Crippen molar-refractivity contribution in [3.05, 3.63) is 66.7 Å². The first kappa shape index (κ1) is 33.8. The van der Waals surface area contributed by atoms with Gasteiger partial charge in [0.05, 0.1) is 11.4 Å². The standard InChI is InChI=1S/C26H15F9N4O6S/c27-24(28,29)23(40)37-22-15-4-2-1-3-14(15)21(46(41,42)43)11-18(22)39-38-17-8-6-13(10-20(17)45-26(33,34)35)12-5-7-16(36)19(9-12)44-25(30,31)32/h1-11H,36H2,(H,37,40)(H,41,42,43). The fraction of sp³-hybridized carbons (Fsp3) is 0.115. The van der Waals surface area contributed by atoms with Gasteiger partial charge in [-0.05, 0) is 41.5 Å². The van der Waals surface area contributed by atoms with Crippen LogP contribution in [0.3, 0.4) is 0 Å². The zero-order valence-corrected chi connectivity index (χ0v) is 22.9. The van der Waals surface area contributed by atoms with Crippen LogP contribution in [0, 0.1) is 0 Å². The van der Waals surface area contributed by atoms with Gasteiger partial charge in [-0.3, -0.25) is 9.35 Å². The molecular weight excluding hydrogens is 667 g/mol. The second-order valence-corrected chi connectivity index (χ2v) is 10.4. The molecule has 0 saturated carbocycles. The van der Waals surface area contributed by atoms with Crippen LogP contribution in [0.2, 0.25) is 0 Å². The van der Waals surface area contributed by atoms with Gasteiger partial charge in [0.15, 0.2) is 11.5 Å². The Morgan fingerprint density at radius 3 is 1.83 bits per heavy atom. The van der Waals surface area contributed by atoms with Crippen LogP contribution >= 0.6 is 0 Å². The lowest BCUT2D eigenvalue weighted by molar-refractivity contribution is -0.275. The first-order chi connectivity index (χ1) is 21.1. The monoisotopic (exact) mass is 682 g/mol. The van der Waals surface area contributed by atoms with E-state index in [1.54, 1.807) is 0 Å². The fourth-order valence-corrected chi connectivity index (χ4v) is 4.67. The number of hydrogen-bond donors (Lipinski definition) is 3. The lowest BCUT2D eigenvalue weighted by Crippen LogP contribution is -2.30. The maximum Gasteiger partial charge on any atom is 0.573 e. The summed E-state index contributed by atoms with van der Waals surface area (Å²) in [7, 11) is -5.09.